The van der Waals surface area contributed by atoms with Crippen molar-refractivity contribution in [3.05, 3.63) is 47.8 Å². The molecule has 1 atom stereocenters. The maximum Gasteiger partial charge on any atom is 0.596 e. The van der Waals surface area contributed by atoms with Crippen LogP contribution in [-0.4, -0.2) is 72.3 Å². The Morgan fingerprint density at radius 1 is 1.26 bits per heavy atom. The quantitative estimate of drug-likeness (QED) is 0.247. The van der Waals surface area contributed by atoms with Crippen LogP contribution in [0.1, 0.15) is 56.6 Å². The number of hydrogen-bond acceptors (Lipinski definition) is 7. The van der Waals surface area contributed by atoms with Gasteiger partial charge < -0.3 is 24.5 Å². The van der Waals surface area contributed by atoms with Crippen molar-refractivity contribution in [3.8, 4) is 5.75 Å². The number of imidazole rings is 1. The topological polar surface area (TPSA) is 117 Å². The van der Waals surface area contributed by atoms with E-state index < -0.39 is 17.3 Å². The molecule has 11 nitrogen and oxygen atoms in total. The van der Waals surface area contributed by atoms with Gasteiger partial charge in [-0.2, -0.15) is 9.89 Å². The molecule has 3 aromatic heterocycles. The zero-order valence-corrected chi connectivity index (χ0v) is 24.8. The zero-order valence-electron chi connectivity index (χ0n) is 24.8. The molecule has 1 aliphatic rings. The number of rotatable bonds is 6. The molecule has 0 aliphatic carbocycles. The number of halogens is 1. The fourth-order valence-corrected chi connectivity index (χ4v) is 5.36. The number of carbonyl (C=O) groups is 2. The summed E-state index contributed by atoms with van der Waals surface area (Å²) in [6.07, 6.45) is 8.20. The number of ether oxygens (including phenoxy) is 1. The average Bonchev–Trinajstić information content (AvgIpc) is 3.60. The van der Waals surface area contributed by atoms with Crippen molar-refractivity contribution in [2.45, 2.75) is 53.1 Å². The van der Waals surface area contributed by atoms with Gasteiger partial charge >= 0.3 is 6.09 Å². The number of pyridine rings is 1. The maximum absolute atomic E-state index is 14.6. The van der Waals surface area contributed by atoms with Crippen LogP contribution >= 0.6 is 0 Å². The summed E-state index contributed by atoms with van der Waals surface area (Å²) in [4.78, 5) is 32.4. The van der Waals surface area contributed by atoms with Crippen molar-refractivity contribution >= 4 is 46.1 Å². The molecule has 0 spiro atoms. The van der Waals surface area contributed by atoms with Crippen LogP contribution in [0.5, 0.6) is 5.75 Å². The van der Waals surface area contributed by atoms with E-state index in [4.69, 9.17) is 4.74 Å². The average molecular weight is 579 g/mol. The van der Waals surface area contributed by atoms with Gasteiger partial charge in [-0.15, -0.1) is 4.58 Å². The smallest absolute Gasteiger partial charge is 0.507 e. The van der Waals surface area contributed by atoms with E-state index in [0.717, 1.165) is 18.5 Å². The van der Waals surface area contributed by atoms with Gasteiger partial charge in [0.15, 0.2) is 24.2 Å². The molecule has 1 fully saturated rings. The number of fused-ring (bicyclic) bond motifs is 2. The summed E-state index contributed by atoms with van der Waals surface area (Å²) in [6.45, 7) is 11.2. The Hall–Kier alpha value is -4.48. The number of nitrogens with zero attached hydrogens (tertiary/aromatic N) is 6. The van der Waals surface area contributed by atoms with E-state index in [2.05, 4.69) is 20.3 Å². The highest BCUT2D eigenvalue weighted by Crippen LogP contribution is 2.37. The molecule has 1 aromatic carbocycles. The SMILES string of the molecule is CCC/[N+](=C\C1CCN(c2cc(O)c(C(=O)Nc3cc(F)c4nc(C)cn4c3)c3nn(C)cc23)C1)C(=O)OC(C)(C)C. The summed E-state index contributed by atoms with van der Waals surface area (Å²) in [6, 6.07) is 2.77. The summed E-state index contributed by atoms with van der Waals surface area (Å²) < 4.78 is 24.9. The largest absolute Gasteiger partial charge is 0.596 e. The lowest BCUT2D eigenvalue weighted by atomic mass is 10.1. The molecule has 42 heavy (non-hydrogen) atoms. The second-order valence-corrected chi connectivity index (χ2v) is 11.8. The highest BCUT2D eigenvalue weighted by Gasteiger charge is 2.32. The van der Waals surface area contributed by atoms with Gasteiger partial charge in [0.05, 0.1) is 23.0 Å². The third-order valence-corrected chi connectivity index (χ3v) is 7.03. The van der Waals surface area contributed by atoms with Crippen molar-refractivity contribution in [1.29, 1.82) is 0 Å². The molecular formula is C30H37FN7O4+. The first-order valence-corrected chi connectivity index (χ1v) is 14.1. The summed E-state index contributed by atoms with van der Waals surface area (Å²) in [7, 11) is 1.75. The van der Waals surface area contributed by atoms with Gasteiger partial charge in [0, 0.05) is 62.7 Å². The Bertz CT molecular complexity index is 1720. The summed E-state index contributed by atoms with van der Waals surface area (Å²) >= 11 is 0. The lowest BCUT2D eigenvalue weighted by Crippen LogP contribution is -2.33. The Morgan fingerprint density at radius 2 is 2.02 bits per heavy atom. The van der Waals surface area contributed by atoms with E-state index >= 15 is 0 Å². The first-order valence-electron chi connectivity index (χ1n) is 14.1. The predicted molar refractivity (Wildman–Crippen MR) is 158 cm³/mol. The van der Waals surface area contributed by atoms with Gasteiger partial charge in [0.25, 0.3) is 5.91 Å². The molecule has 1 aliphatic heterocycles. The number of phenolic OH excluding ortho intramolecular Hbond substituents is 1. The maximum atomic E-state index is 14.6. The Morgan fingerprint density at radius 3 is 2.74 bits per heavy atom. The zero-order chi connectivity index (χ0) is 30.3. The molecular weight excluding hydrogens is 541 g/mol. The number of aromatic nitrogens is 4. The van der Waals surface area contributed by atoms with Gasteiger partial charge in [-0.3, -0.25) is 9.48 Å². The highest BCUT2D eigenvalue weighted by molar-refractivity contribution is 6.16. The number of amides is 2. The number of hydrogen-bond donors (Lipinski definition) is 2. The molecule has 4 aromatic rings. The van der Waals surface area contributed by atoms with Crippen LogP contribution in [-0.2, 0) is 11.8 Å². The third kappa shape index (κ3) is 5.93. The number of anilines is 2. The van der Waals surface area contributed by atoms with Crippen molar-refractivity contribution in [2.75, 3.05) is 29.9 Å². The molecule has 1 unspecified atom stereocenters. The summed E-state index contributed by atoms with van der Waals surface area (Å²) in [5.41, 5.74) is 1.51. The number of nitrogens with one attached hydrogen (secondary N) is 1. The molecule has 0 radical (unpaired) electrons. The molecule has 1 saturated heterocycles. The standard InChI is InChI=1S/C30H36FN7O4/c1-7-9-37(29(41)42-30(3,4)5)15-19-8-10-36(14-19)23-12-24(39)25(26-21(23)17-35(6)34-26)28(40)33-20-11-22(31)27-32-18(2)13-38(27)16-20/h11-13,15-17,19H,7-10,14H2,1-6H3,(H-,33,34,39,40)/p+1/b37-15+. The van der Waals surface area contributed by atoms with Gasteiger partial charge in [-0.25, -0.2) is 9.37 Å². The van der Waals surface area contributed by atoms with E-state index in [1.165, 1.54) is 10.5 Å². The lowest BCUT2D eigenvalue weighted by molar-refractivity contribution is -0.448. The second-order valence-electron chi connectivity index (χ2n) is 11.8. The van der Waals surface area contributed by atoms with Crippen LogP contribution in [0, 0.1) is 18.7 Å². The fraction of sp³-hybridized carbons (Fsp3) is 0.433. The fourth-order valence-electron chi connectivity index (χ4n) is 5.36. The van der Waals surface area contributed by atoms with Gasteiger partial charge in [0.1, 0.15) is 22.4 Å². The van der Waals surface area contributed by atoms with Crippen LogP contribution in [0.25, 0.3) is 16.6 Å². The number of phenols is 1. The van der Waals surface area contributed by atoms with Crippen molar-refractivity contribution < 1.29 is 28.4 Å². The van der Waals surface area contributed by atoms with Gasteiger partial charge in [-0.05, 0) is 34.1 Å². The van der Waals surface area contributed by atoms with Crippen LogP contribution in [0.2, 0.25) is 0 Å². The van der Waals surface area contributed by atoms with Crippen molar-refractivity contribution in [2.24, 2.45) is 13.0 Å². The van der Waals surface area contributed by atoms with E-state index in [1.54, 1.807) is 41.7 Å². The molecule has 2 N–H and O–H groups in total. The van der Waals surface area contributed by atoms with Crippen LogP contribution in [0.15, 0.2) is 30.7 Å². The van der Waals surface area contributed by atoms with E-state index in [1.807, 2.05) is 40.1 Å². The van der Waals surface area contributed by atoms with E-state index in [-0.39, 0.29) is 34.7 Å². The number of benzene rings is 1. The third-order valence-electron chi connectivity index (χ3n) is 7.03. The minimum atomic E-state index is -0.612. The predicted octanol–water partition coefficient (Wildman–Crippen LogP) is 4.88. The molecule has 2 amide bonds. The van der Waals surface area contributed by atoms with Crippen LogP contribution < -0.4 is 10.2 Å². The Kier molecular flexibility index (Phi) is 7.65. The molecule has 222 valence electrons. The first kappa shape index (κ1) is 29.0. The summed E-state index contributed by atoms with van der Waals surface area (Å²) in [5.74, 6) is -1.34. The molecule has 4 heterocycles. The monoisotopic (exact) mass is 578 g/mol. The van der Waals surface area contributed by atoms with Crippen molar-refractivity contribution in [1.82, 2.24) is 19.2 Å². The molecule has 0 saturated carbocycles. The van der Waals surface area contributed by atoms with E-state index in [0.29, 0.717) is 36.2 Å². The molecule has 0 bridgehead atoms. The van der Waals surface area contributed by atoms with Crippen LogP contribution in [0.4, 0.5) is 20.6 Å². The minimum Gasteiger partial charge on any atom is -0.507 e. The van der Waals surface area contributed by atoms with Gasteiger partial charge in [-0.1, -0.05) is 6.92 Å². The summed E-state index contributed by atoms with van der Waals surface area (Å²) in [5, 5.41) is 19.0. The van der Waals surface area contributed by atoms with Gasteiger partial charge in [0.2, 0.25) is 0 Å². The minimum absolute atomic E-state index is 0.00183. The Labute approximate surface area is 243 Å². The second kappa shape index (κ2) is 11.1. The highest BCUT2D eigenvalue weighted by atomic mass is 19.1. The molecule has 5 rings (SSSR count). The number of carbonyl (C=O) groups excluding carboxylic acids is 2. The molecule has 12 heteroatoms. The lowest BCUT2D eigenvalue weighted by Gasteiger charge is -2.20. The number of aryl methyl sites for hydroxylation is 2. The normalized spacial score (nSPS) is 16.0. The van der Waals surface area contributed by atoms with Crippen molar-refractivity contribution in [3.63, 3.8) is 0 Å². The first-order chi connectivity index (χ1) is 19.8. The van der Waals surface area contributed by atoms with E-state index in [9.17, 15) is 19.1 Å². The Balaban J connectivity index is 1.42. The van der Waals surface area contributed by atoms with Crippen LogP contribution in [0.3, 0.4) is 0 Å². The number of aromatic hydroxyl groups is 1.